The van der Waals surface area contributed by atoms with Gasteiger partial charge in [-0.3, -0.25) is 10.1 Å². The SMILES string of the molecule is COc1ccc([N+](=O)[O-])c(Sc2ccc(CO)cc2)c1. The molecule has 0 aliphatic rings. The van der Waals surface area contributed by atoms with Gasteiger partial charge in [-0.05, 0) is 23.8 Å². The molecule has 0 amide bonds. The molecule has 5 nitrogen and oxygen atoms in total. The summed E-state index contributed by atoms with van der Waals surface area (Å²) in [5.74, 6) is 0.574. The molecule has 0 aromatic heterocycles. The lowest BCUT2D eigenvalue weighted by molar-refractivity contribution is -0.387. The summed E-state index contributed by atoms with van der Waals surface area (Å²) in [6.45, 7) is -0.0236. The molecule has 2 rings (SSSR count). The quantitative estimate of drug-likeness (QED) is 0.676. The molecular weight excluding hydrogens is 278 g/mol. The van der Waals surface area contributed by atoms with Gasteiger partial charge in [0.15, 0.2) is 0 Å². The van der Waals surface area contributed by atoms with Gasteiger partial charge in [0.1, 0.15) is 5.75 Å². The van der Waals surface area contributed by atoms with Crippen molar-refractivity contribution in [3.8, 4) is 5.75 Å². The molecule has 0 aliphatic heterocycles. The second-order valence-corrected chi connectivity index (χ2v) is 5.11. The number of hydrogen-bond donors (Lipinski definition) is 1. The van der Waals surface area contributed by atoms with E-state index < -0.39 is 4.92 Å². The summed E-state index contributed by atoms with van der Waals surface area (Å²) >= 11 is 1.29. The van der Waals surface area contributed by atoms with E-state index in [2.05, 4.69) is 0 Å². The molecule has 0 saturated heterocycles. The zero-order valence-corrected chi connectivity index (χ0v) is 11.6. The maximum Gasteiger partial charge on any atom is 0.283 e. The molecule has 20 heavy (non-hydrogen) atoms. The van der Waals surface area contributed by atoms with Crippen LogP contribution in [-0.2, 0) is 6.61 Å². The Labute approximate surface area is 120 Å². The Morgan fingerprint density at radius 2 is 1.95 bits per heavy atom. The molecule has 0 aliphatic carbocycles. The summed E-state index contributed by atoms with van der Waals surface area (Å²) in [6, 6.07) is 11.9. The van der Waals surface area contributed by atoms with Crippen LogP contribution in [-0.4, -0.2) is 17.1 Å². The summed E-state index contributed by atoms with van der Waals surface area (Å²) < 4.78 is 5.09. The highest BCUT2D eigenvalue weighted by molar-refractivity contribution is 7.99. The van der Waals surface area contributed by atoms with E-state index in [0.29, 0.717) is 10.6 Å². The number of benzene rings is 2. The third-order valence-corrected chi connectivity index (χ3v) is 3.75. The highest BCUT2D eigenvalue weighted by Crippen LogP contribution is 2.37. The van der Waals surface area contributed by atoms with Crippen LogP contribution in [0.1, 0.15) is 5.56 Å². The number of hydrogen-bond acceptors (Lipinski definition) is 5. The summed E-state index contributed by atoms with van der Waals surface area (Å²) in [5, 5.41) is 20.0. The third kappa shape index (κ3) is 3.28. The van der Waals surface area contributed by atoms with Crippen LogP contribution in [0.25, 0.3) is 0 Å². The van der Waals surface area contributed by atoms with Crippen molar-refractivity contribution in [2.24, 2.45) is 0 Å². The van der Waals surface area contributed by atoms with Gasteiger partial charge in [0.25, 0.3) is 5.69 Å². The van der Waals surface area contributed by atoms with Crippen molar-refractivity contribution in [1.29, 1.82) is 0 Å². The normalized spacial score (nSPS) is 10.3. The molecule has 0 saturated carbocycles. The van der Waals surface area contributed by atoms with Crippen molar-refractivity contribution in [2.75, 3.05) is 7.11 Å². The highest BCUT2D eigenvalue weighted by Gasteiger charge is 2.15. The maximum absolute atomic E-state index is 11.0. The fourth-order valence-electron chi connectivity index (χ4n) is 1.64. The van der Waals surface area contributed by atoms with Crippen molar-refractivity contribution in [3.63, 3.8) is 0 Å². The first-order valence-electron chi connectivity index (χ1n) is 5.84. The molecular formula is C14H13NO4S. The van der Waals surface area contributed by atoms with Gasteiger partial charge >= 0.3 is 0 Å². The fraction of sp³-hybridized carbons (Fsp3) is 0.143. The van der Waals surface area contributed by atoms with Crippen LogP contribution in [0.4, 0.5) is 5.69 Å². The smallest absolute Gasteiger partial charge is 0.283 e. The molecule has 0 heterocycles. The van der Waals surface area contributed by atoms with Gasteiger partial charge in [0.05, 0.1) is 23.5 Å². The largest absolute Gasteiger partial charge is 0.497 e. The Balaban J connectivity index is 2.32. The number of aliphatic hydroxyl groups is 1. The zero-order valence-electron chi connectivity index (χ0n) is 10.8. The Hall–Kier alpha value is -2.05. The Morgan fingerprint density at radius 3 is 2.50 bits per heavy atom. The van der Waals surface area contributed by atoms with Crippen molar-refractivity contribution >= 4 is 17.4 Å². The zero-order chi connectivity index (χ0) is 14.5. The predicted molar refractivity (Wildman–Crippen MR) is 76.1 cm³/mol. The molecule has 2 aromatic carbocycles. The van der Waals surface area contributed by atoms with Gasteiger partial charge < -0.3 is 9.84 Å². The minimum absolute atomic E-state index is 0.0236. The van der Waals surface area contributed by atoms with Crippen molar-refractivity contribution in [2.45, 2.75) is 16.4 Å². The van der Waals surface area contributed by atoms with Gasteiger partial charge in [0, 0.05) is 17.0 Å². The van der Waals surface area contributed by atoms with Crippen LogP contribution in [0, 0.1) is 10.1 Å². The molecule has 0 unspecified atom stereocenters. The standard InChI is InChI=1S/C14H13NO4S/c1-19-11-4-7-13(15(17)18)14(8-11)20-12-5-2-10(9-16)3-6-12/h2-8,16H,9H2,1H3. The molecule has 0 bridgehead atoms. The lowest BCUT2D eigenvalue weighted by Crippen LogP contribution is -1.92. The first-order valence-corrected chi connectivity index (χ1v) is 6.66. The number of methoxy groups -OCH3 is 1. The number of aliphatic hydroxyl groups excluding tert-OH is 1. The first-order chi connectivity index (χ1) is 9.63. The van der Waals surface area contributed by atoms with Crippen LogP contribution < -0.4 is 4.74 Å². The molecule has 0 radical (unpaired) electrons. The number of nitrogens with zero attached hydrogens (tertiary/aromatic N) is 1. The van der Waals surface area contributed by atoms with Crippen molar-refractivity contribution in [1.82, 2.24) is 0 Å². The second-order valence-electron chi connectivity index (χ2n) is 3.99. The molecule has 104 valence electrons. The number of nitro groups is 1. The van der Waals surface area contributed by atoms with Crippen LogP contribution >= 0.6 is 11.8 Å². The fourth-order valence-corrected chi connectivity index (χ4v) is 2.59. The van der Waals surface area contributed by atoms with E-state index in [1.54, 1.807) is 24.3 Å². The van der Waals surface area contributed by atoms with Gasteiger partial charge in [-0.25, -0.2) is 0 Å². The highest BCUT2D eigenvalue weighted by atomic mass is 32.2. The van der Waals surface area contributed by atoms with Crippen molar-refractivity contribution < 1.29 is 14.8 Å². The van der Waals surface area contributed by atoms with E-state index in [1.165, 1.54) is 24.9 Å². The monoisotopic (exact) mass is 291 g/mol. The maximum atomic E-state index is 11.0. The van der Waals surface area contributed by atoms with Gasteiger partial charge in [-0.1, -0.05) is 23.9 Å². The number of rotatable bonds is 5. The lowest BCUT2D eigenvalue weighted by Gasteiger charge is -2.06. The average molecular weight is 291 g/mol. The van der Waals surface area contributed by atoms with Crippen LogP contribution in [0.15, 0.2) is 52.3 Å². The summed E-state index contributed by atoms with van der Waals surface area (Å²) in [7, 11) is 1.52. The van der Waals surface area contributed by atoms with E-state index in [9.17, 15) is 10.1 Å². The van der Waals surface area contributed by atoms with E-state index in [1.807, 2.05) is 12.1 Å². The minimum Gasteiger partial charge on any atom is -0.497 e. The lowest BCUT2D eigenvalue weighted by atomic mass is 10.2. The van der Waals surface area contributed by atoms with E-state index >= 15 is 0 Å². The van der Waals surface area contributed by atoms with Crippen LogP contribution in [0.3, 0.4) is 0 Å². The Kier molecular flexibility index (Phi) is 4.60. The van der Waals surface area contributed by atoms with Crippen LogP contribution in [0.5, 0.6) is 5.75 Å². The van der Waals surface area contributed by atoms with E-state index in [4.69, 9.17) is 9.84 Å². The molecule has 0 spiro atoms. The van der Waals surface area contributed by atoms with E-state index in [-0.39, 0.29) is 12.3 Å². The van der Waals surface area contributed by atoms with Gasteiger partial charge in [0.2, 0.25) is 0 Å². The third-order valence-electron chi connectivity index (χ3n) is 2.70. The predicted octanol–water partition coefficient (Wildman–Crippen LogP) is 3.25. The molecule has 0 fully saturated rings. The summed E-state index contributed by atoms with van der Waals surface area (Å²) in [6.07, 6.45) is 0. The molecule has 2 aromatic rings. The Morgan fingerprint density at radius 1 is 1.25 bits per heavy atom. The summed E-state index contributed by atoms with van der Waals surface area (Å²) in [5.41, 5.74) is 0.844. The van der Waals surface area contributed by atoms with E-state index in [0.717, 1.165) is 10.5 Å². The van der Waals surface area contributed by atoms with Gasteiger partial charge in [-0.15, -0.1) is 0 Å². The summed E-state index contributed by atoms with van der Waals surface area (Å²) in [4.78, 5) is 12.0. The molecule has 1 N–H and O–H groups in total. The molecule has 6 heteroatoms. The minimum atomic E-state index is -0.413. The molecule has 0 atom stereocenters. The number of ether oxygens (including phenoxy) is 1. The van der Waals surface area contributed by atoms with Crippen LogP contribution in [0.2, 0.25) is 0 Å². The van der Waals surface area contributed by atoms with Gasteiger partial charge in [-0.2, -0.15) is 0 Å². The first kappa shape index (κ1) is 14.4. The Bertz CT molecular complexity index is 613. The second kappa shape index (κ2) is 6.40. The van der Waals surface area contributed by atoms with Crippen molar-refractivity contribution in [3.05, 3.63) is 58.1 Å². The topological polar surface area (TPSA) is 72.6 Å². The number of nitro benzene ring substituents is 1. The average Bonchev–Trinajstić information content (AvgIpc) is 2.47.